The van der Waals surface area contributed by atoms with E-state index in [4.69, 9.17) is 5.11 Å². The highest BCUT2D eigenvalue weighted by Gasteiger charge is 2.26. The molecule has 0 amide bonds. The molecule has 2 fully saturated rings. The minimum atomic E-state index is 0.382. The monoisotopic (exact) mass is 183 g/mol. The quantitative estimate of drug-likeness (QED) is 0.714. The Hall–Kier alpha value is -0.0800. The first-order valence-electron chi connectivity index (χ1n) is 5.71. The molecule has 1 heterocycles. The van der Waals surface area contributed by atoms with E-state index in [1.165, 1.54) is 45.3 Å². The first-order chi connectivity index (χ1) is 6.38. The van der Waals surface area contributed by atoms with Gasteiger partial charge in [0.1, 0.15) is 0 Å². The highest BCUT2D eigenvalue weighted by Crippen LogP contribution is 2.31. The van der Waals surface area contributed by atoms with Crippen molar-refractivity contribution in [2.24, 2.45) is 11.8 Å². The summed E-state index contributed by atoms with van der Waals surface area (Å²) < 4.78 is 0. The summed E-state index contributed by atoms with van der Waals surface area (Å²) >= 11 is 0. The van der Waals surface area contributed by atoms with Gasteiger partial charge >= 0.3 is 0 Å². The first kappa shape index (κ1) is 9.47. The lowest BCUT2D eigenvalue weighted by molar-refractivity contribution is 0.154. The molecule has 1 aliphatic heterocycles. The summed E-state index contributed by atoms with van der Waals surface area (Å²) in [6.07, 6.45) is 6.59. The van der Waals surface area contributed by atoms with Crippen LogP contribution in [0.5, 0.6) is 0 Å². The van der Waals surface area contributed by atoms with E-state index >= 15 is 0 Å². The molecular weight excluding hydrogens is 162 g/mol. The van der Waals surface area contributed by atoms with Gasteiger partial charge < -0.3 is 10.0 Å². The van der Waals surface area contributed by atoms with Gasteiger partial charge in [-0.3, -0.25) is 0 Å². The summed E-state index contributed by atoms with van der Waals surface area (Å²) in [5.41, 5.74) is 0. The van der Waals surface area contributed by atoms with Crippen molar-refractivity contribution in [2.45, 2.75) is 32.1 Å². The van der Waals surface area contributed by atoms with Crippen LogP contribution in [0.4, 0.5) is 0 Å². The number of hydrogen-bond donors (Lipinski definition) is 1. The van der Waals surface area contributed by atoms with Crippen LogP contribution in [0.3, 0.4) is 0 Å². The Morgan fingerprint density at radius 2 is 1.69 bits per heavy atom. The lowest BCUT2D eigenvalue weighted by Crippen LogP contribution is -2.35. The maximum absolute atomic E-state index is 8.83. The molecule has 0 radical (unpaired) electrons. The third-order valence-electron chi connectivity index (χ3n) is 3.46. The maximum atomic E-state index is 8.83. The third kappa shape index (κ3) is 2.96. The van der Waals surface area contributed by atoms with Gasteiger partial charge in [0.2, 0.25) is 0 Å². The third-order valence-corrected chi connectivity index (χ3v) is 3.46. The highest BCUT2D eigenvalue weighted by molar-refractivity contribution is 4.80. The second kappa shape index (κ2) is 4.43. The summed E-state index contributed by atoms with van der Waals surface area (Å²) in [5, 5.41) is 8.83. The summed E-state index contributed by atoms with van der Waals surface area (Å²) in [7, 11) is 0. The largest absolute Gasteiger partial charge is 0.396 e. The van der Waals surface area contributed by atoms with Crippen molar-refractivity contribution in [3.63, 3.8) is 0 Å². The fourth-order valence-electron chi connectivity index (χ4n) is 2.31. The van der Waals surface area contributed by atoms with Gasteiger partial charge in [-0.05, 0) is 57.0 Å². The van der Waals surface area contributed by atoms with Crippen LogP contribution in [0, 0.1) is 11.8 Å². The molecule has 1 aliphatic carbocycles. The van der Waals surface area contributed by atoms with Gasteiger partial charge in [-0.1, -0.05) is 0 Å². The standard InChI is InChI=1S/C11H21NO/c13-8-5-10-3-6-12(7-4-10)9-11-1-2-11/h10-11,13H,1-9H2. The molecule has 2 rings (SSSR count). The van der Waals surface area contributed by atoms with Crippen molar-refractivity contribution in [2.75, 3.05) is 26.2 Å². The van der Waals surface area contributed by atoms with E-state index in [0.717, 1.165) is 18.3 Å². The normalized spacial score (nSPS) is 26.5. The first-order valence-corrected chi connectivity index (χ1v) is 5.71. The topological polar surface area (TPSA) is 23.5 Å². The summed E-state index contributed by atoms with van der Waals surface area (Å²) in [4.78, 5) is 2.62. The lowest BCUT2D eigenvalue weighted by Gasteiger charge is -2.31. The van der Waals surface area contributed by atoms with Gasteiger partial charge in [-0.15, -0.1) is 0 Å². The van der Waals surface area contributed by atoms with E-state index < -0.39 is 0 Å². The fraction of sp³-hybridized carbons (Fsp3) is 1.00. The Labute approximate surface area is 80.9 Å². The molecule has 1 saturated heterocycles. The van der Waals surface area contributed by atoms with Gasteiger partial charge in [0.25, 0.3) is 0 Å². The molecule has 2 heteroatoms. The van der Waals surface area contributed by atoms with Crippen molar-refractivity contribution < 1.29 is 5.11 Å². The van der Waals surface area contributed by atoms with Crippen molar-refractivity contribution in [1.82, 2.24) is 4.90 Å². The van der Waals surface area contributed by atoms with Crippen molar-refractivity contribution >= 4 is 0 Å². The summed E-state index contributed by atoms with van der Waals surface area (Å²) in [5.74, 6) is 1.84. The van der Waals surface area contributed by atoms with E-state index in [9.17, 15) is 0 Å². The molecule has 0 bridgehead atoms. The average Bonchev–Trinajstić information content (AvgIpc) is 2.93. The van der Waals surface area contributed by atoms with Crippen molar-refractivity contribution in [1.29, 1.82) is 0 Å². The fourth-order valence-corrected chi connectivity index (χ4v) is 2.31. The number of rotatable bonds is 4. The molecule has 13 heavy (non-hydrogen) atoms. The molecule has 1 saturated carbocycles. The van der Waals surface area contributed by atoms with Gasteiger partial charge in [-0.2, -0.15) is 0 Å². The molecule has 0 aromatic rings. The molecular formula is C11H21NO. The Balaban J connectivity index is 1.63. The zero-order valence-electron chi connectivity index (χ0n) is 8.41. The van der Waals surface area contributed by atoms with Crippen LogP contribution in [-0.2, 0) is 0 Å². The summed E-state index contributed by atoms with van der Waals surface area (Å²) in [6, 6.07) is 0. The lowest BCUT2D eigenvalue weighted by atomic mass is 9.94. The van der Waals surface area contributed by atoms with Crippen LogP contribution in [0.15, 0.2) is 0 Å². The Morgan fingerprint density at radius 1 is 1.00 bits per heavy atom. The minimum absolute atomic E-state index is 0.382. The number of aliphatic hydroxyl groups excluding tert-OH is 1. The van der Waals surface area contributed by atoms with Crippen molar-refractivity contribution in [3.05, 3.63) is 0 Å². The summed E-state index contributed by atoms with van der Waals surface area (Å²) in [6.45, 7) is 4.29. The molecule has 0 atom stereocenters. The molecule has 0 unspecified atom stereocenters. The van der Waals surface area contributed by atoms with Crippen LogP contribution in [0.2, 0.25) is 0 Å². The van der Waals surface area contributed by atoms with Gasteiger partial charge in [0, 0.05) is 13.2 Å². The maximum Gasteiger partial charge on any atom is 0.0433 e. The molecule has 0 spiro atoms. The molecule has 76 valence electrons. The van der Waals surface area contributed by atoms with Crippen LogP contribution < -0.4 is 0 Å². The number of nitrogens with zero attached hydrogens (tertiary/aromatic N) is 1. The van der Waals surface area contributed by atoms with Crippen LogP contribution >= 0.6 is 0 Å². The van der Waals surface area contributed by atoms with E-state index in [-0.39, 0.29) is 0 Å². The Morgan fingerprint density at radius 3 is 2.23 bits per heavy atom. The number of likely N-dealkylation sites (tertiary alicyclic amines) is 1. The molecule has 1 N–H and O–H groups in total. The minimum Gasteiger partial charge on any atom is -0.396 e. The SMILES string of the molecule is OCCC1CCN(CC2CC2)CC1. The van der Waals surface area contributed by atoms with E-state index in [0.29, 0.717) is 6.61 Å². The Kier molecular flexibility index (Phi) is 3.23. The van der Waals surface area contributed by atoms with Crippen LogP contribution in [0.1, 0.15) is 32.1 Å². The average molecular weight is 183 g/mol. The zero-order valence-corrected chi connectivity index (χ0v) is 8.41. The Bertz CT molecular complexity index is 148. The molecule has 2 aliphatic rings. The van der Waals surface area contributed by atoms with Crippen molar-refractivity contribution in [3.8, 4) is 0 Å². The van der Waals surface area contributed by atoms with E-state index in [1.54, 1.807) is 0 Å². The van der Waals surface area contributed by atoms with Gasteiger partial charge in [-0.25, -0.2) is 0 Å². The van der Waals surface area contributed by atoms with Crippen LogP contribution in [0.25, 0.3) is 0 Å². The second-order valence-electron chi connectivity index (χ2n) is 4.70. The molecule has 0 aromatic carbocycles. The predicted octanol–water partition coefficient (Wildman–Crippen LogP) is 1.49. The number of aliphatic hydroxyl groups is 1. The highest BCUT2D eigenvalue weighted by atomic mass is 16.3. The molecule has 0 aromatic heterocycles. The van der Waals surface area contributed by atoms with E-state index in [1.807, 2.05) is 0 Å². The van der Waals surface area contributed by atoms with Gasteiger partial charge in [0.05, 0.1) is 0 Å². The zero-order chi connectivity index (χ0) is 9.10. The van der Waals surface area contributed by atoms with Gasteiger partial charge in [0.15, 0.2) is 0 Å². The predicted molar refractivity (Wildman–Crippen MR) is 53.6 cm³/mol. The number of piperidine rings is 1. The second-order valence-corrected chi connectivity index (χ2v) is 4.70. The van der Waals surface area contributed by atoms with Crippen LogP contribution in [-0.4, -0.2) is 36.2 Å². The number of hydrogen-bond acceptors (Lipinski definition) is 2. The molecule has 2 nitrogen and oxygen atoms in total. The van der Waals surface area contributed by atoms with E-state index in [2.05, 4.69) is 4.90 Å². The smallest absolute Gasteiger partial charge is 0.0433 e.